The van der Waals surface area contributed by atoms with Crippen molar-refractivity contribution in [1.29, 1.82) is 0 Å². The van der Waals surface area contributed by atoms with E-state index in [-0.39, 0.29) is 0 Å². The average Bonchev–Trinajstić information content (AvgIpc) is 2.83. The van der Waals surface area contributed by atoms with Gasteiger partial charge in [-0.15, -0.1) is 0 Å². The molecule has 0 aromatic carbocycles. The van der Waals surface area contributed by atoms with Crippen molar-refractivity contribution in [1.82, 2.24) is 14.5 Å². The lowest BCUT2D eigenvalue weighted by molar-refractivity contribution is 0.628. The van der Waals surface area contributed by atoms with Gasteiger partial charge in [0.05, 0.1) is 18.6 Å². The molecule has 4 heteroatoms. The average molecular weight is 242 g/mol. The Bertz CT molecular complexity index is 544. The Balaban J connectivity index is 1.90. The molecule has 0 unspecified atom stereocenters. The van der Waals surface area contributed by atoms with Gasteiger partial charge in [0.15, 0.2) is 0 Å². The van der Waals surface area contributed by atoms with E-state index in [9.17, 15) is 0 Å². The summed E-state index contributed by atoms with van der Waals surface area (Å²) in [7, 11) is 1.91. The summed E-state index contributed by atoms with van der Waals surface area (Å²) in [6.07, 6.45) is 8.64. The number of aromatic nitrogens is 3. The summed E-state index contributed by atoms with van der Waals surface area (Å²) in [5.74, 6) is 0.954. The minimum Gasteiger partial charge on any atom is -0.373 e. The molecular formula is C14H18N4. The predicted octanol–water partition coefficient (Wildman–Crippen LogP) is 2.25. The van der Waals surface area contributed by atoms with Crippen LogP contribution in [0.3, 0.4) is 0 Å². The molecule has 1 aliphatic rings. The first-order valence-electron chi connectivity index (χ1n) is 6.53. The highest BCUT2D eigenvalue weighted by molar-refractivity contribution is 5.43. The Labute approximate surface area is 107 Å². The molecule has 0 saturated heterocycles. The fourth-order valence-electron chi connectivity index (χ4n) is 2.64. The topological polar surface area (TPSA) is 42.7 Å². The minimum absolute atomic E-state index is 0.854. The third-order valence-corrected chi connectivity index (χ3v) is 3.58. The number of rotatable bonds is 3. The molecule has 0 spiro atoms. The Morgan fingerprint density at radius 2 is 2.17 bits per heavy atom. The molecule has 94 valence electrons. The van der Waals surface area contributed by atoms with Gasteiger partial charge in [0, 0.05) is 24.5 Å². The summed E-state index contributed by atoms with van der Waals surface area (Å²) in [5.41, 5.74) is 3.91. The number of hydrogen-bond donors (Lipinski definition) is 1. The van der Waals surface area contributed by atoms with Gasteiger partial charge in [0.1, 0.15) is 5.82 Å². The van der Waals surface area contributed by atoms with Crippen LogP contribution in [0.25, 0.3) is 0 Å². The van der Waals surface area contributed by atoms with Crippen LogP contribution in [-0.4, -0.2) is 21.6 Å². The highest BCUT2D eigenvalue weighted by Gasteiger charge is 2.15. The molecule has 1 aliphatic carbocycles. The summed E-state index contributed by atoms with van der Waals surface area (Å²) < 4.78 is 2.27. The van der Waals surface area contributed by atoms with Gasteiger partial charge >= 0.3 is 0 Å². The molecule has 1 N–H and O–H groups in total. The van der Waals surface area contributed by atoms with E-state index < -0.39 is 0 Å². The van der Waals surface area contributed by atoms with Crippen LogP contribution in [0.5, 0.6) is 0 Å². The maximum absolute atomic E-state index is 4.53. The molecule has 0 bridgehead atoms. The molecule has 18 heavy (non-hydrogen) atoms. The van der Waals surface area contributed by atoms with Crippen molar-refractivity contribution >= 4 is 5.82 Å². The third kappa shape index (κ3) is 1.98. The molecule has 2 aromatic heterocycles. The smallest absolute Gasteiger partial charge is 0.130 e. The van der Waals surface area contributed by atoms with Crippen molar-refractivity contribution in [2.24, 2.45) is 0 Å². The van der Waals surface area contributed by atoms with E-state index in [1.165, 1.54) is 29.8 Å². The normalized spacial score (nSPS) is 14.3. The first-order chi connectivity index (χ1) is 8.88. The Morgan fingerprint density at radius 3 is 3.06 bits per heavy atom. The van der Waals surface area contributed by atoms with Gasteiger partial charge in [-0.2, -0.15) is 0 Å². The molecular weight excluding hydrogens is 224 g/mol. The number of pyridine rings is 1. The van der Waals surface area contributed by atoms with E-state index in [0.717, 1.165) is 25.2 Å². The van der Waals surface area contributed by atoms with Crippen molar-refractivity contribution in [3.05, 3.63) is 41.6 Å². The van der Waals surface area contributed by atoms with Crippen LogP contribution in [0.4, 0.5) is 5.82 Å². The predicted molar refractivity (Wildman–Crippen MR) is 71.8 cm³/mol. The standard InChI is InChI=1S/C14H18N4/c1-15-14-11(5-4-8-16-14)9-18-10-17-12-6-2-3-7-13(12)18/h4-5,8,10H,2-3,6-7,9H2,1H3,(H,15,16). The van der Waals surface area contributed by atoms with Crippen molar-refractivity contribution in [3.63, 3.8) is 0 Å². The molecule has 0 aliphatic heterocycles. The van der Waals surface area contributed by atoms with Crippen molar-refractivity contribution in [3.8, 4) is 0 Å². The molecule has 0 saturated carbocycles. The van der Waals surface area contributed by atoms with E-state index in [1.807, 2.05) is 25.6 Å². The largest absolute Gasteiger partial charge is 0.373 e. The highest BCUT2D eigenvalue weighted by Crippen LogP contribution is 2.22. The highest BCUT2D eigenvalue weighted by atomic mass is 15.1. The number of nitrogens with zero attached hydrogens (tertiary/aromatic N) is 3. The summed E-state index contributed by atoms with van der Waals surface area (Å²) in [5, 5.41) is 3.14. The second-order valence-corrected chi connectivity index (χ2v) is 4.73. The van der Waals surface area contributed by atoms with Crippen LogP contribution in [-0.2, 0) is 19.4 Å². The summed E-state index contributed by atoms with van der Waals surface area (Å²) in [6.45, 7) is 0.854. The summed E-state index contributed by atoms with van der Waals surface area (Å²) in [4.78, 5) is 8.88. The van der Waals surface area contributed by atoms with Gasteiger partial charge < -0.3 is 9.88 Å². The maximum Gasteiger partial charge on any atom is 0.130 e. The zero-order valence-corrected chi connectivity index (χ0v) is 10.7. The second-order valence-electron chi connectivity index (χ2n) is 4.73. The van der Waals surface area contributed by atoms with E-state index in [0.29, 0.717) is 0 Å². The number of fused-ring (bicyclic) bond motifs is 1. The quantitative estimate of drug-likeness (QED) is 0.897. The Morgan fingerprint density at radius 1 is 1.28 bits per heavy atom. The van der Waals surface area contributed by atoms with Crippen LogP contribution >= 0.6 is 0 Å². The van der Waals surface area contributed by atoms with Crippen LogP contribution in [0.15, 0.2) is 24.7 Å². The molecule has 0 atom stereocenters. The SMILES string of the molecule is CNc1ncccc1Cn1cnc2c1CCCC2. The van der Waals surface area contributed by atoms with Crippen molar-refractivity contribution in [2.45, 2.75) is 32.2 Å². The minimum atomic E-state index is 0.854. The van der Waals surface area contributed by atoms with E-state index in [2.05, 4.69) is 25.9 Å². The van der Waals surface area contributed by atoms with E-state index >= 15 is 0 Å². The molecule has 0 fully saturated rings. The molecule has 3 rings (SSSR count). The zero-order chi connectivity index (χ0) is 12.4. The summed E-state index contributed by atoms with van der Waals surface area (Å²) in [6, 6.07) is 4.10. The van der Waals surface area contributed by atoms with Crippen LogP contribution in [0.1, 0.15) is 29.8 Å². The first kappa shape index (κ1) is 11.3. The monoisotopic (exact) mass is 242 g/mol. The number of aryl methyl sites for hydroxylation is 1. The Kier molecular flexibility index (Phi) is 3.00. The number of imidazole rings is 1. The van der Waals surface area contributed by atoms with Gasteiger partial charge in [-0.05, 0) is 31.7 Å². The molecule has 2 aromatic rings. The second kappa shape index (κ2) is 4.80. The Hall–Kier alpha value is -1.84. The van der Waals surface area contributed by atoms with Crippen LogP contribution in [0.2, 0.25) is 0 Å². The third-order valence-electron chi connectivity index (χ3n) is 3.58. The molecule has 0 radical (unpaired) electrons. The van der Waals surface area contributed by atoms with Crippen molar-refractivity contribution in [2.75, 3.05) is 12.4 Å². The summed E-state index contributed by atoms with van der Waals surface area (Å²) >= 11 is 0. The van der Waals surface area contributed by atoms with Gasteiger partial charge in [0.2, 0.25) is 0 Å². The van der Waals surface area contributed by atoms with Gasteiger partial charge in [0.25, 0.3) is 0 Å². The van der Waals surface area contributed by atoms with Gasteiger partial charge in [-0.3, -0.25) is 0 Å². The molecule has 0 amide bonds. The lowest BCUT2D eigenvalue weighted by Gasteiger charge is -2.15. The van der Waals surface area contributed by atoms with Crippen molar-refractivity contribution < 1.29 is 0 Å². The number of anilines is 1. The van der Waals surface area contributed by atoms with E-state index in [4.69, 9.17) is 0 Å². The van der Waals surface area contributed by atoms with E-state index in [1.54, 1.807) is 0 Å². The first-order valence-corrected chi connectivity index (χ1v) is 6.53. The fourth-order valence-corrected chi connectivity index (χ4v) is 2.64. The lowest BCUT2D eigenvalue weighted by Crippen LogP contribution is -2.10. The molecule has 4 nitrogen and oxygen atoms in total. The molecule has 2 heterocycles. The zero-order valence-electron chi connectivity index (χ0n) is 10.7. The number of hydrogen-bond acceptors (Lipinski definition) is 3. The van der Waals surface area contributed by atoms with Gasteiger partial charge in [-0.25, -0.2) is 9.97 Å². The number of nitrogens with one attached hydrogen (secondary N) is 1. The van der Waals surface area contributed by atoms with Gasteiger partial charge in [-0.1, -0.05) is 6.07 Å². The maximum atomic E-state index is 4.53. The fraction of sp³-hybridized carbons (Fsp3) is 0.429. The van der Waals surface area contributed by atoms with Crippen LogP contribution < -0.4 is 5.32 Å². The lowest BCUT2D eigenvalue weighted by atomic mass is 10.0. The van der Waals surface area contributed by atoms with Crippen LogP contribution in [0, 0.1) is 0 Å².